The average Bonchev–Trinajstić information content (AvgIpc) is 2.49. The van der Waals surface area contributed by atoms with Gasteiger partial charge < -0.3 is 4.98 Å². The van der Waals surface area contributed by atoms with Crippen LogP contribution in [0, 0.1) is 13.8 Å². The summed E-state index contributed by atoms with van der Waals surface area (Å²) in [7, 11) is 0. The molecule has 1 aromatic carbocycles. The minimum atomic E-state index is -0.352. The van der Waals surface area contributed by atoms with Crippen LogP contribution in [0.1, 0.15) is 29.6 Å². The van der Waals surface area contributed by atoms with Gasteiger partial charge in [-0.1, -0.05) is 30.3 Å². The predicted octanol–water partition coefficient (Wildman–Crippen LogP) is 1.47. The van der Waals surface area contributed by atoms with Crippen LogP contribution in [0.3, 0.4) is 0 Å². The number of amides is 1. The van der Waals surface area contributed by atoms with Crippen molar-refractivity contribution in [1.82, 2.24) is 15.4 Å². The van der Waals surface area contributed by atoms with Crippen LogP contribution in [-0.2, 0) is 11.2 Å². The molecule has 1 aromatic heterocycles. The Morgan fingerprint density at radius 1 is 1.27 bits per heavy atom. The van der Waals surface area contributed by atoms with E-state index in [1.54, 1.807) is 20.8 Å². The Labute approximate surface area is 128 Å². The number of aromatic amines is 1. The third-order valence-electron chi connectivity index (χ3n) is 3.22. The molecule has 2 rings (SSSR count). The van der Waals surface area contributed by atoms with Gasteiger partial charge in [0, 0.05) is 11.3 Å². The molecule has 0 saturated carbocycles. The van der Waals surface area contributed by atoms with Crippen molar-refractivity contribution in [3.63, 3.8) is 0 Å². The molecule has 0 aliphatic heterocycles. The fourth-order valence-electron chi connectivity index (χ4n) is 2.05. The number of H-pyrrole nitrogens is 1. The highest BCUT2D eigenvalue weighted by atomic mass is 16.2. The first-order valence-corrected chi connectivity index (χ1v) is 6.92. The van der Waals surface area contributed by atoms with Gasteiger partial charge in [0.2, 0.25) is 5.91 Å². The highest BCUT2D eigenvalue weighted by molar-refractivity contribution is 5.99. The zero-order valence-electron chi connectivity index (χ0n) is 12.8. The maximum atomic E-state index is 11.9. The lowest BCUT2D eigenvalue weighted by Gasteiger charge is -2.05. The van der Waals surface area contributed by atoms with E-state index < -0.39 is 0 Å². The fourth-order valence-corrected chi connectivity index (χ4v) is 2.05. The molecule has 2 aromatic rings. The van der Waals surface area contributed by atoms with Crippen molar-refractivity contribution < 1.29 is 4.79 Å². The van der Waals surface area contributed by atoms with Crippen LogP contribution in [0.25, 0.3) is 0 Å². The van der Waals surface area contributed by atoms with Crippen LogP contribution < -0.4 is 11.0 Å². The summed E-state index contributed by atoms with van der Waals surface area (Å²) in [6.07, 6.45) is -0.0555. The van der Waals surface area contributed by atoms with Crippen molar-refractivity contribution in [2.45, 2.75) is 27.2 Å². The van der Waals surface area contributed by atoms with Crippen LogP contribution in [0.2, 0.25) is 0 Å². The molecule has 22 heavy (non-hydrogen) atoms. The van der Waals surface area contributed by atoms with E-state index >= 15 is 0 Å². The number of aromatic nitrogens is 2. The second-order valence-electron chi connectivity index (χ2n) is 4.99. The van der Waals surface area contributed by atoms with Crippen LogP contribution in [0.5, 0.6) is 0 Å². The zero-order valence-corrected chi connectivity index (χ0v) is 12.8. The maximum Gasteiger partial charge on any atom is 0.254 e. The molecule has 0 saturated heterocycles. The van der Waals surface area contributed by atoms with Gasteiger partial charge in [0.1, 0.15) is 5.82 Å². The normalized spacial score (nSPS) is 11.3. The number of carbonyl (C=O) groups excluding carboxylic acids is 1. The number of benzene rings is 1. The number of hydrogen-bond acceptors (Lipinski definition) is 4. The fraction of sp³-hybridized carbons (Fsp3) is 0.250. The SMILES string of the molecule is C/C(=N/NC(=O)Cc1c(C)nc(C)[nH]c1=O)c1ccccc1. The Morgan fingerprint density at radius 2 is 1.95 bits per heavy atom. The van der Waals surface area contributed by atoms with Gasteiger partial charge in [0.15, 0.2) is 0 Å². The Balaban J connectivity index is 2.07. The van der Waals surface area contributed by atoms with Gasteiger partial charge >= 0.3 is 0 Å². The minimum Gasteiger partial charge on any atom is -0.311 e. The monoisotopic (exact) mass is 298 g/mol. The lowest BCUT2D eigenvalue weighted by molar-refractivity contribution is -0.120. The molecule has 1 amide bonds. The van der Waals surface area contributed by atoms with E-state index in [1.807, 2.05) is 30.3 Å². The molecule has 6 heteroatoms. The first kappa shape index (κ1) is 15.6. The van der Waals surface area contributed by atoms with E-state index in [4.69, 9.17) is 0 Å². The molecule has 0 fully saturated rings. The first-order chi connectivity index (χ1) is 10.5. The average molecular weight is 298 g/mol. The molecule has 0 unspecified atom stereocenters. The Kier molecular flexibility index (Phi) is 4.83. The molecule has 0 spiro atoms. The smallest absolute Gasteiger partial charge is 0.254 e. The molecule has 0 aliphatic carbocycles. The van der Waals surface area contributed by atoms with Crippen molar-refractivity contribution >= 4 is 11.6 Å². The van der Waals surface area contributed by atoms with Crippen LogP contribution >= 0.6 is 0 Å². The third-order valence-corrected chi connectivity index (χ3v) is 3.22. The molecule has 0 bridgehead atoms. The summed E-state index contributed by atoms with van der Waals surface area (Å²) in [5.74, 6) is 0.180. The summed E-state index contributed by atoms with van der Waals surface area (Å²) in [4.78, 5) is 30.5. The van der Waals surface area contributed by atoms with Crippen LogP contribution in [0.4, 0.5) is 0 Å². The molecule has 0 aliphatic rings. The van der Waals surface area contributed by atoms with Crippen molar-refractivity contribution in [1.29, 1.82) is 0 Å². The standard InChI is InChI=1S/C16H18N4O2/c1-10(13-7-5-4-6-8-13)19-20-15(21)9-14-11(2)17-12(3)18-16(14)22/h4-8H,9H2,1-3H3,(H,20,21)(H,17,18,22)/b19-10-. The summed E-state index contributed by atoms with van der Waals surface area (Å²) >= 11 is 0. The van der Waals surface area contributed by atoms with Gasteiger partial charge in [-0.25, -0.2) is 10.4 Å². The molecular weight excluding hydrogens is 280 g/mol. The van der Waals surface area contributed by atoms with E-state index in [0.717, 1.165) is 5.56 Å². The molecule has 1 heterocycles. The molecule has 2 N–H and O–H groups in total. The van der Waals surface area contributed by atoms with Gasteiger partial charge in [0.05, 0.1) is 12.1 Å². The highest BCUT2D eigenvalue weighted by Gasteiger charge is 2.11. The Hall–Kier alpha value is -2.76. The van der Waals surface area contributed by atoms with E-state index in [-0.39, 0.29) is 17.9 Å². The second kappa shape index (κ2) is 6.80. The van der Waals surface area contributed by atoms with Crippen molar-refractivity contribution in [2.75, 3.05) is 0 Å². The summed E-state index contributed by atoms with van der Waals surface area (Å²) in [6, 6.07) is 9.52. The number of hydrogen-bond donors (Lipinski definition) is 2. The molecule has 6 nitrogen and oxygen atoms in total. The zero-order chi connectivity index (χ0) is 16.1. The number of rotatable bonds is 4. The van der Waals surface area contributed by atoms with Crippen molar-refractivity contribution in [3.8, 4) is 0 Å². The van der Waals surface area contributed by atoms with Crippen LogP contribution in [0.15, 0.2) is 40.2 Å². The van der Waals surface area contributed by atoms with Gasteiger partial charge in [-0.3, -0.25) is 9.59 Å². The van der Waals surface area contributed by atoms with Crippen molar-refractivity contribution in [2.24, 2.45) is 5.10 Å². The lowest BCUT2D eigenvalue weighted by Crippen LogP contribution is -2.27. The topological polar surface area (TPSA) is 87.2 Å². The summed E-state index contributed by atoms with van der Waals surface area (Å²) in [6.45, 7) is 5.22. The molecule has 114 valence electrons. The second-order valence-corrected chi connectivity index (χ2v) is 4.99. The quantitative estimate of drug-likeness (QED) is 0.662. The van der Waals surface area contributed by atoms with Gasteiger partial charge in [-0.05, 0) is 26.3 Å². The number of nitrogens with zero attached hydrogens (tertiary/aromatic N) is 2. The number of hydrazone groups is 1. The lowest BCUT2D eigenvalue weighted by atomic mass is 10.1. The minimum absolute atomic E-state index is 0.0555. The van der Waals surface area contributed by atoms with E-state index in [1.165, 1.54) is 0 Å². The van der Waals surface area contributed by atoms with Gasteiger partial charge in [0.25, 0.3) is 5.56 Å². The summed E-state index contributed by atoms with van der Waals surface area (Å²) in [5, 5.41) is 4.05. The van der Waals surface area contributed by atoms with Gasteiger partial charge in [-0.2, -0.15) is 5.10 Å². The maximum absolute atomic E-state index is 11.9. The predicted molar refractivity (Wildman–Crippen MR) is 84.8 cm³/mol. The Morgan fingerprint density at radius 3 is 2.59 bits per heavy atom. The number of nitrogens with one attached hydrogen (secondary N) is 2. The highest BCUT2D eigenvalue weighted by Crippen LogP contribution is 2.01. The molecular formula is C16H18N4O2. The van der Waals surface area contributed by atoms with Crippen molar-refractivity contribution in [3.05, 3.63) is 63.3 Å². The summed E-state index contributed by atoms with van der Waals surface area (Å²) in [5.41, 5.74) is 4.71. The molecule has 0 atom stereocenters. The van der Waals surface area contributed by atoms with E-state index in [9.17, 15) is 9.59 Å². The third kappa shape index (κ3) is 3.88. The molecule has 0 radical (unpaired) electrons. The first-order valence-electron chi connectivity index (χ1n) is 6.92. The largest absolute Gasteiger partial charge is 0.311 e. The number of carbonyl (C=O) groups is 1. The number of aryl methyl sites for hydroxylation is 2. The van der Waals surface area contributed by atoms with E-state index in [2.05, 4.69) is 20.5 Å². The Bertz CT molecular complexity index is 763. The van der Waals surface area contributed by atoms with Crippen LogP contribution in [-0.4, -0.2) is 21.6 Å². The van der Waals surface area contributed by atoms with Gasteiger partial charge in [-0.15, -0.1) is 0 Å². The summed E-state index contributed by atoms with van der Waals surface area (Å²) < 4.78 is 0. The van der Waals surface area contributed by atoms with E-state index in [0.29, 0.717) is 22.8 Å².